The van der Waals surface area contributed by atoms with Crippen molar-refractivity contribution in [3.63, 3.8) is 0 Å². The number of fused-ring (bicyclic) bond motifs is 2. The van der Waals surface area contributed by atoms with Gasteiger partial charge in [0.15, 0.2) is 0 Å². The van der Waals surface area contributed by atoms with Gasteiger partial charge in [-0.2, -0.15) is 0 Å². The molecule has 3 heteroatoms. The molecule has 0 aromatic heterocycles. The van der Waals surface area contributed by atoms with Crippen LogP contribution in [0.4, 0.5) is 0 Å². The fourth-order valence-electron chi connectivity index (χ4n) is 3.41. The zero-order valence-corrected chi connectivity index (χ0v) is 15.0. The van der Waals surface area contributed by atoms with Crippen LogP contribution >= 0.6 is 0 Å². The first kappa shape index (κ1) is 15.7. The van der Waals surface area contributed by atoms with Crippen LogP contribution < -0.4 is 0 Å². The fourth-order valence-corrected chi connectivity index (χ4v) is 4.56. The van der Waals surface area contributed by atoms with E-state index in [-0.39, 0.29) is 0 Å². The Labute approximate surface area is 135 Å². The van der Waals surface area contributed by atoms with E-state index >= 15 is 0 Å². The molecule has 0 radical (unpaired) electrons. The minimum Gasteiger partial charge on any atom is -0.378 e. The lowest BCUT2D eigenvalue weighted by Crippen LogP contribution is -2.53. The van der Waals surface area contributed by atoms with Gasteiger partial charge in [-0.05, 0) is 12.0 Å². The maximum atomic E-state index is 5.81. The van der Waals surface area contributed by atoms with Crippen LogP contribution in [0.15, 0.2) is 53.8 Å². The van der Waals surface area contributed by atoms with Crippen molar-refractivity contribution in [1.82, 2.24) is 4.90 Å². The Hall–Kier alpha value is -1.16. The van der Waals surface area contributed by atoms with Crippen molar-refractivity contribution in [2.24, 2.45) is 0 Å². The van der Waals surface area contributed by atoms with Gasteiger partial charge in [0.1, 0.15) is 0 Å². The highest BCUT2D eigenvalue weighted by molar-refractivity contribution is 6.83. The molecule has 2 aliphatic rings. The van der Waals surface area contributed by atoms with E-state index in [1.807, 2.05) is 0 Å². The minimum absolute atomic E-state index is 0.399. The first-order valence-electron chi connectivity index (χ1n) is 8.23. The predicted molar refractivity (Wildman–Crippen MR) is 95.6 cm³/mol. The summed E-state index contributed by atoms with van der Waals surface area (Å²) >= 11 is 0. The summed E-state index contributed by atoms with van der Waals surface area (Å²) in [5, 5.41) is 1.42. The Morgan fingerprint density at radius 3 is 2.59 bits per heavy atom. The molecule has 0 N–H and O–H groups in total. The quantitative estimate of drug-likeness (QED) is 0.779. The van der Waals surface area contributed by atoms with E-state index in [1.54, 1.807) is 0 Å². The third-order valence-corrected chi connectivity index (χ3v) is 6.98. The van der Waals surface area contributed by atoms with Crippen LogP contribution in [0.3, 0.4) is 0 Å². The molecule has 1 saturated heterocycles. The smallest absolute Gasteiger partial charge is 0.0771 e. The number of hydrogen-bond donors (Lipinski definition) is 0. The molecular weight excluding hydrogens is 286 g/mol. The Morgan fingerprint density at radius 1 is 1.23 bits per heavy atom. The molecule has 0 amide bonds. The molecule has 0 aliphatic carbocycles. The second-order valence-corrected chi connectivity index (χ2v) is 12.6. The summed E-state index contributed by atoms with van der Waals surface area (Å²) in [6, 6.07) is 11.7. The number of nitrogens with zero attached hydrogens (tertiary/aromatic N) is 1. The summed E-state index contributed by atoms with van der Waals surface area (Å²) in [5.74, 6) is 0. The van der Waals surface area contributed by atoms with Crippen LogP contribution in [0, 0.1) is 0 Å². The first-order valence-corrected chi connectivity index (χ1v) is 11.7. The molecule has 2 bridgehead atoms. The third kappa shape index (κ3) is 3.27. The molecule has 118 valence electrons. The summed E-state index contributed by atoms with van der Waals surface area (Å²) in [7, 11) is -1.31. The molecule has 3 rings (SSSR count). The van der Waals surface area contributed by atoms with E-state index in [0.717, 1.165) is 26.2 Å². The van der Waals surface area contributed by atoms with Gasteiger partial charge in [-0.15, -0.1) is 0 Å². The van der Waals surface area contributed by atoms with Gasteiger partial charge in [0, 0.05) is 12.6 Å². The normalized spacial score (nSPS) is 25.7. The van der Waals surface area contributed by atoms with Crippen LogP contribution in [0.1, 0.15) is 12.0 Å². The van der Waals surface area contributed by atoms with Crippen molar-refractivity contribution < 1.29 is 4.74 Å². The number of allylic oxidation sites excluding steroid dienone is 1. The van der Waals surface area contributed by atoms with E-state index in [1.165, 1.54) is 16.3 Å². The minimum atomic E-state index is -1.31. The molecule has 1 aromatic rings. The molecular formula is C19H27NOSi. The Balaban J connectivity index is 1.81. The lowest BCUT2D eigenvalue weighted by molar-refractivity contribution is -0.0433. The molecule has 1 aromatic carbocycles. The van der Waals surface area contributed by atoms with Crippen molar-refractivity contribution in [3.8, 4) is 0 Å². The van der Waals surface area contributed by atoms with E-state index in [0.29, 0.717) is 12.1 Å². The van der Waals surface area contributed by atoms with Crippen molar-refractivity contribution >= 4 is 8.07 Å². The van der Waals surface area contributed by atoms with Crippen LogP contribution in [0.25, 0.3) is 0 Å². The zero-order valence-electron chi connectivity index (χ0n) is 14.0. The van der Waals surface area contributed by atoms with Crippen LogP contribution in [-0.2, 0) is 11.3 Å². The highest BCUT2D eigenvalue weighted by atomic mass is 28.3. The van der Waals surface area contributed by atoms with Gasteiger partial charge < -0.3 is 4.74 Å². The van der Waals surface area contributed by atoms with Gasteiger partial charge in [0.05, 0.1) is 27.3 Å². The largest absolute Gasteiger partial charge is 0.378 e. The second-order valence-electron chi connectivity index (χ2n) is 7.54. The van der Waals surface area contributed by atoms with E-state index in [4.69, 9.17) is 4.74 Å². The van der Waals surface area contributed by atoms with Crippen molar-refractivity contribution in [1.29, 1.82) is 0 Å². The Morgan fingerprint density at radius 2 is 1.95 bits per heavy atom. The Kier molecular flexibility index (Phi) is 4.39. The summed E-state index contributed by atoms with van der Waals surface area (Å²) in [4.78, 5) is 2.61. The molecule has 0 spiro atoms. The highest BCUT2D eigenvalue weighted by Gasteiger charge is 2.36. The number of rotatable bonds is 4. The summed E-state index contributed by atoms with van der Waals surface area (Å²) in [5.41, 5.74) is 2.89. The first-order chi connectivity index (χ1) is 10.4. The van der Waals surface area contributed by atoms with Crippen LogP contribution in [-0.4, -0.2) is 38.3 Å². The maximum Gasteiger partial charge on any atom is 0.0771 e. The number of ether oxygens (including phenoxy) is 1. The predicted octanol–water partition coefficient (Wildman–Crippen LogP) is 4.02. The molecule has 0 saturated carbocycles. The summed E-state index contributed by atoms with van der Waals surface area (Å²) in [6.07, 6.45) is 3.52. The molecule has 2 heterocycles. The number of benzene rings is 1. The van der Waals surface area contributed by atoms with Crippen molar-refractivity contribution in [2.75, 3.05) is 13.2 Å². The van der Waals surface area contributed by atoms with Crippen LogP contribution in [0.5, 0.6) is 0 Å². The van der Waals surface area contributed by atoms with E-state index in [9.17, 15) is 0 Å². The van der Waals surface area contributed by atoms with Gasteiger partial charge >= 0.3 is 0 Å². The fraction of sp³-hybridized carbons (Fsp3) is 0.474. The maximum absolute atomic E-state index is 5.81. The molecule has 1 fully saturated rings. The standard InChI is InChI=1S/C19H27NOSi/c1-15(22(2,3)4)17-10-18-13-21-14-19(11-17)20(18)12-16-8-6-5-7-9-16/h5-10,18-19H,1,11-14H2,2-4H3. The highest BCUT2D eigenvalue weighted by Crippen LogP contribution is 2.34. The number of morpholine rings is 1. The monoisotopic (exact) mass is 313 g/mol. The lowest BCUT2D eigenvalue weighted by atomic mass is 9.93. The van der Waals surface area contributed by atoms with E-state index < -0.39 is 8.07 Å². The third-order valence-electron chi connectivity index (χ3n) is 4.84. The average molecular weight is 314 g/mol. The van der Waals surface area contributed by atoms with Gasteiger partial charge in [-0.3, -0.25) is 4.90 Å². The molecule has 2 aliphatic heterocycles. The summed E-state index contributed by atoms with van der Waals surface area (Å²) < 4.78 is 5.81. The van der Waals surface area contributed by atoms with E-state index in [2.05, 4.69) is 67.5 Å². The SMILES string of the molecule is C=C(C1=CC2COCC(C1)N2Cc1ccccc1)[Si](C)(C)C. The van der Waals surface area contributed by atoms with Crippen molar-refractivity contribution in [3.05, 3.63) is 59.3 Å². The topological polar surface area (TPSA) is 12.5 Å². The summed E-state index contributed by atoms with van der Waals surface area (Å²) in [6.45, 7) is 14.3. The average Bonchev–Trinajstić information content (AvgIpc) is 2.46. The van der Waals surface area contributed by atoms with Gasteiger partial charge in [0.25, 0.3) is 0 Å². The van der Waals surface area contributed by atoms with Crippen molar-refractivity contribution in [2.45, 2.75) is 44.7 Å². The van der Waals surface area contributed by atoms with Crippen LogP contribution in [0.2, 0.25) is 19.6 Å². The van der Waals surface area contributed by atoms with Gasteiger partial charge in [-0.1, -0.05) is 73.4 Å². The van der Waals surface area contributed by atoms with Gasteiger partial charge in [0.2, 0.25) is 0 Å². The molecule has 2 atom stereocenters. The molecule has 2 nitrogen and oxygen atoms in total. The van der Waals surface area contributed by atoms with Gasteiger partial charge in [-0.25, -0.2) is 0 Å². The zero-order chi connectivity index (χ0) is 15.7. The second kappa shape index (κ2) is 6.15. The number of hydrogen-bond acceptors (Lipinski definition) is 2. The molecule has 2 unspecified atom stereocenters. The Bertz CT molecular complexity index is 573. The lowest BCUT2D eigenvalue weighted by Gasteiger charge is -2.45. The molecule has 22 heavy (non-hydrogen) atoms.